The predicted octanol–water partition coefficient (Wildman–Crippen LogP) is 0.341. The molecule has 0 amide bonds. The Morgan fingerprint density at radius 3 is 2.60 bits per heavy atom. The van der Waals surface area contributed by atoms with Gasteiger partial charge in [-0.25, -0.2) is 0 Å². The monoisotopic (exact) mass is 202 g/mol. The highest BCUT2D eigenvalue weighted by Crippen LogP contribution is 2.11. The van der Waals surface area contributed by atoms with Crippen molar-refractivity contribution in [1.82, 2.24) is 0 Å². The van der Waals surface area contributed by atoms with Crippen molar-refractivity contribution in [2.24, 2.45) is 0 Å². The molecule has 1 rings (SSSR count). The minimum absolute atomic E-state index is 0.556. The first-order chi connectivity index (χ1) is 4.63. The summed E-state index contributed by atoms with van der Waals surface area (Å²) in [6.45, 7) is 1.89. The van der Waals surface area contributed by atoms with E-state index in [2.05, 4.69) is 15.9 Å². The largest absolute Gasteiger partial charge is 0.295 e. The molecule has 54 valence electrons. The molecular formula is C6H9BrN3+. The Morgan fingerprint density at radius 1 is 1.50 bits per heavy atom. The van der Waals surface area contributed by atoms with Crippen molar-refractivity contribution in [3.8, 4) is 0 Å². The van der Waals surface area contributed by atoms with Gasteiger partial charge >= 0.3 is 0 Å². The molecule has 0 aliphatic rings. The first-order valence-electron chi connectivity index (χ1n) is 2.84. The number of nitrogens with zero attached hydrogens (tertiary/aromatic N) is 1. The second kappa shape index (κ2) is 2.46. The summed E-state index contributed by atoms with van der Waals surface area (Å²) in [5.74, 6) is 6.10. The number of hydrogen-bond donors (Lipinski definition) is 2. The smallest absolute Gasteiger partial charge is 0.285 e. The summed E-state index contributed by atoms with van der Waals surface area (Å²) >= 11 is 3.32. The van der Waals surface area contributed by atoms with Crippen molar-refractivity contribution in [2.45, 2.75) is 6.92 Å². The van der Waals surface area contributed by atoms with Crippen LogP contribution in [0.2, 0.25) is 0 Å². The van der Waals surface area contributed by atoms with Crippen LogP contribution in [0.4, 0.5) is 5.82 Å². The Hall–Kier alpha value is -0.770. The lowest BCUT2D eigenvalue weighted by molar-refractivity contribution is -0.631. The van der Waals surface area contributed by atoms with Crippen LogP contribution in [0.3, 0.4) is 0 Å². The van der Waals surface area contributed by atoms with Gasteiger partial charge in [0.2, 0.25) is 0 Å². The summed E-state index contributed by atoms with van der Waals surface area (Å²) in [7, 11) is 0. The number of aromatic nitrogens is 1. The number of nitrogens with two attached hydrogens (primary N) is 2. The molecule has 0 radical (unpaired) electrons. The zero-order valence-electron chi connectivity index (χ0n) is 5.63. The van der Waals surface area contributed by atoms with Gasteiger partial charge in [-0.2, -0.15) is 0 Å². The van der Waals surface area contributed by atoms with Crippen molar-refractivity contribution in [1.29, 1.82) is 0 Å². The first kappa shape index (κ1) is 7.34. The summed E-state index contributed by atoms with van der Waals surface area (Å²) in [6.07, 6.45) is 0. The second-order valence-electron chi connectivity index (χ2n) is 2.06. The van der Waals surface area contributed by atoms with E-state index in [1.165, 1.54) is 4.68 Å². The van der Waals surface area contributed by atoms with Gasteiger partial charge in [-0.3, -0.25) is 11.6 Å². The van der Waals surface area contributed by atoms with Crippen LogP contribution in [0, 0.1) is 6.92 Å². The Morgan fingerprint density at radius 2 is 2.10 bits per heavy atom. The van der Waals surface area contributed by atoms with Crippen LogP contribution in [0.5, 0.6) is 0 Å². The summed E-state index contributed by atoms with van der Waals surface area (Å²) in [5, 5.41) is 0. The first-order valence-corrected chi connectivity index (χ1v) is 3.64. The van der Waals surface area contributed by atoms with Gasteiger partial charge in [0, 0.05) is 13.0 Å². The average Bonchev–Trinajstić information content (AvgIpc) is 1.93. The van der Waals surface area contributed by atoms with Gasteiger partial charge in [-0.05, 0) is 22.0 Å². The summed E-state index contributed by atoms with van der Waals surface area (Å²) in [5.41, 5.74) is 6.42. The molecule has 1 heterocycles. The molecule has 0 unspecified atom stereocenters. The lowest BCUT2D eigenvalue weighted by atomic mass is 10.4. The maximum atomic E-state index is 5.54. The number of anilines is 1. The maximum Gasteiger partial charge on any atom is 0.295 e. The van der Waals surface area contributed by atoms with Crippen LogP contribution in [0.25, 0.3) is 0 Å². The van der Waals surface area contributed by atoms with E-state index >= 15 is 0 Å². The fourth-order valence-corrected chi connectivity index (χ4v) is 0.991. The van der Waals surface area contributed by atoms with Crippen LogP contribution < -0.4 is 16.3 Å². The van der Waals surface area contributed by atoms with Gasteiger partial charge < -0.3 is 0 Å². The summed E-state index contributed by atoms with van der Waals surface area (Å²) in [6, 6.07) is 3.62. The van der Waals surface area contributed by atoms with Crippen LogP contribution >= 0.6 is 15.9 Å². The molecule has 0 saturated carbocycles. The quantitative estimate of drug-likeness (QED) is 0.472. The van der Waals surface area contributed by atoms with Gasteiger partial charge in [0.05, 0.1) is 4.47 Å². The van der Waals surface area contributed by atoms with Gasteiger partial charge in [0.25, 0.3) is 5.82 Å². The summed E-state index contributed by atoms with van der Waals surface area (Å²) < 4.78 is 2.40. The van der Waals surface area contributed by atoms with Crippen LogP contribution in [0.1, 0.15) is 5.69 Å². The number of pyridine rings is 1. The molecule has 0 atom stereocenters. The van der Waals surface area contributed by atoms with Crippen molar-refractivity contribution >= 4 is 21.7 Å². The average molecular weight is 203 g/mol. The number of nitrogen functional groups attached to an aromatic ring is 2. The summed E-state index contributed by atoms with van der Waals surface area (Å²) in [4.78, 5) is 0. The molecule has 0 aromatic carbocycles. The van der Waals surface area contributed by atoms with E-state index in [0.29, 0.717) is 5.82 Å². The fourth-order valence-electron chi connectivity index (χ4n) is 0.668. The van der Waals surface area contributed by atoms with Crippen molar-refractivity contribution in [3.05, 3.63) is 22.3 Å². The molecule has 0 aliphatic carbocycles. The van der Waals surface area contributed by atoms with E-state index in [4.69, 9.17) is 11.6 Å². The Kier molecular flexibility index (Phi) is 1.80. The third kappa shape index (κ3) is 1.07. The normalized spacial score (nSPS) is 9.80. The standard InChI is InChI=1S/C6H8BrN3/c1-4-5(7)2-3-6(8)10(4)9/h2-3,8H,9H2,1H3/p+1. The third-order valence-electron chi connectivity index (χ3n) is 1.39. The molecule has 3 nitrogen and oxygen atoms in total. The van der Waals surface area contributed by atoms with Crippen molar-refractivity contribution in [3.63, 3.8) is 0 Å². The van der Waals surface area contributed by atoms with Crippen LogP contribution in [-0.4, -0.2) is 0 Å². The van der Waals surface area contributed by atoms with Crippen molar-refractivity contribution in [2.75, 3.05) is 11.6 Å². The van der Waals surface area contributed by atoms with E-state index in [0.717, 1.165) is 10.2 Å². The van der Waals surface area contributed by atoms with Gasteiger partial charge in [0.1, 0.15) is 5.69 Å². The molecule has 0 aliphatic heterocycles. The highest BCUT2D eigenvalue weighted by molar-refractivity contribution is 9.10. The lowest BCUT2D eigenvalue weighted by Crippen LogP contribution is -2.49. The minimum Gasteiger partial charge on any atom is -0.285 e. The number of hydrogen-bond acceptors (Lipinski definition) is 2. The zero-order chi connectivity index (χ0) is 7.72. The molecule has 0 bridgehead atoms. The fraction of sp³-hybridized carbons (Fsp3) is 0.167. The topological polar surface area (TPSA) is 55.9 Å². The number of halogens is 1. The zero-order valence-corrected chi connectivity index (χ0v) is 7.22. The molecule has 4 N–H and O–H groups in total. The van der Waals surface area contributed by atoms with E-state index in [1.807, 2.05) is 13.0 Å². The predicted molar refractivity (Wildman–Crippen MR) is 43.6 cm³/mol. The van der Waals surface area contributed by atoms with Gasteiger partial charge in [-0.1, -0.05) is 0 Å². The van der Waals surface area contributed by atoms with Crippen LogP contribution in [0.15, 0.2) is 16.6 Å². The van der Waals surface area contributed by atoms with E-state index in [9.17, 15) is 0 Å². The maximum absolute atomic E-state index is 5.54. The molecule has 4 heteroatoms. The minimum atomic E-state index is 0.556. The van der Waals surface area contributed by atoms with E-state index < -0.39 is 0 Å². The number of rotatable bonds is 0. The molecule has 1 aromatic rings. The third-order valence-corrected chi connectivity index (χ3v) is 2.22. The second-order valence-corrected chi connectivity index (χ2v) is 2.92. The molecule has 0 saturated heterocycles. The van der Waals surface area contributed by atoms with E-state index in [-0.39, 0.29) is 0 Å². The van der Waals surface area contributed by atoms with Crippen molar-refractivity contribution < 1.29 is 4.68 Å². The van der Waals surface area contributed by atoms with Gasteiger partial charge in [0.15, 0.2) is 0 Å². The lowest BCUT2D eigenvalue weighted by Gasteiger charge is -1.99. The molecule has 0 fully saturated rings. The van der Waals surface area contributed by atoms with Gasteiger partial charge in [-0.15, -0.1) is 4.68 Å². The molecular weight excluding hydrogens is 194 g/mol. The molecule has 0 spiro atoms. The Labute approximate surface area is 67.7 Å². The highest BCUT2D eigenvalue weighted by Gasteiger charge is 2.06. The molecule has 1 aromatic heterocycles. The highest BCUT2D eigenvalue weighted by atomic mass is 79.9. The molecule has 10 heavy (non-hydrogen) atoms. The SMILES string of the molecule is Cc1c(Br)ccc(N)[n+]1N. The Bertz CT molecular complexity index is 232. The Balaban J connectivity index is 3.34. The van der Waals surface area contributed by atoms with E-state index in [1.54, 1.807) is 6.07 Å². The van der Waals surface area contributed by atoms with Crippen LogP contribution in [-0.2, 0) is 0 Å².